The van der Waals surface area contributed by atoms with E-state index in [4.69, 9.17) is 14.2 Å². The van der Waals surface area contributed by atoms with Gasteiger partial charge in [0.05, 0.1) is 19.3 Å². The molecule has 0 bridgehead atoms. The van der Waals surface area contributed by atoms with E-state index < -0.39 is 11.4 Å². The van der Waals surface area contributed by atoms with Crippen molar-refractivity contribution in [2.24, 2.45) is 0 Å². The van der Waals surface area contributed by atoms with Crippen LogP contribution < -0.4 is 14.2 Å². The zero-order valence-electron chi connectivity index (χ0n) is 21.9. The van der Waals surface area contributed by atoms with Crippen molar-refractivity contribution in [2.45, 2.75) is 57.7 Å². The lowest BCUT2D eigenvalue weighted by molar-refractivity contribution is -0.0177. The van der Waals surface area contributed by atoms with Gasteiger partial charge in [0.2, 0.25) is 0 Å². The number of hydrogen-bond donors (Lipinski definition) is 1. The molecule has 0 aliphatic carbocycles. The highest BCUT2D eigenvalue weighted by atomic mass is 19.1. The van der Waals surface area contributed by atoms with Crippen molar-refractivity contribution >= 4 is 0 Å². The number of imidazole rings is 1. The Morgan fingerprint density at radius 3 is 2.73 bits per heavy atom. The molecule has 3 aromatic rings. The topological polar surface area (TPSA) is 69.0 Å². The van der Waals surface area contributed by atoms with Crippen LogP contribution >= 0.6 is 0 Å². The Morgan fingerprint density at radius 1 is 1.05 bits per heavy atom. The number of aryl methyl sites for hydroxylation is 2. The minimum atomic E-state index is -0.974. The van der Waals surface area contributed by atoms with Gasteiger partial charge in [-0.2, -0.15) is 0 Å². The summed E-state index contributed by atoms with van der Waals surface area (Å²) in [6.07, 6.45) is 7.65. The number of likely N-dealkylation sites (tertiary alicyclic amines) is 1. The minimum Gasteiger partial charge on any atom is -0.493 e. The molecule has 0 radical (unpaired) electrons. The number of benzene rings is 2. The number of halogens is 1. The zero-order chi connectivity index (χ0) is 26.1. The Bertz CT molecular complexity index is 1140. The molecule has 8 heteroatoms. The second-order valence-electron chi connectivity index (χ2n) is 9.65. The van der Waals surface area contributed by atoms with Crippen molar-refractivity contribution in [2.75, 3.05) is 33.4 Å². The van der Waals surface area contributed by atoms with E-state index in [0.29, 0.717) is 19.4 Å². The summed E-state index contributed by atoms with van der Waals surface area (Å²) >= 11 is 0. The van der Waals surface area contributed by atoms with Gasteiger partial charge in [-0.1, -0.05) is 25.1 Å². The Hall–Kier alpha value is -3.10. The molecule has 1 aliphatic rings. The van der Waals surface area contributed by atoms with E-state index >= 15 is 0 Å². The number of ether oxygens (including phenoxy) is 3. The smallest absolute Gasteiger partial charge is 0.165 e. The summed E-state index contributed by atoms with van der Waals surface area (Å²) in [4.78, 5) is 6.70. The molecule has 0 amide bonds. The molecule has 2 aromatic carbocycles. The van der Waals surface area contributed by atoms with Crippen LogP contribution in [0.25, 0.3) is 0 Å². The summed E-state index contributed by atoms with van der Waals surface area (Å²) in [5, 5.41) is 11.1. The van der Waals surface area contributed by atoms with Crippen molar-refractivity contribution in [3.05, 3.63) is 72.1 Å². The minimum absolute atomic E-state index is 0.0844. The lowest BCUT2D eigenvalue weighted by Gasteiger charge is -2.27. The monoisotopic (exact) mass is 511 g/mol. The van der Waals surface area contributed by atoms with Crippen LogP contribution in [-0.4, -0.2) is 58.6 Å². The number of rotatable bonds is 12. The van der Waals surface area contributed by atoms with Gasteiger partial charge in [-0.15, -0.1) is 0 Å². The van der Waals surface area contributed by atoms with E-state index in [-0.39, 0.29) is 12.4 Å². The highest BCUT2D eigenvalue weighted by Gasteiger charge is 2.31. The van der Waals surface area contributed by atoms with Gasteiger partial charge in [-0.25, -0.2) is 9.37 Å². The Labute approximate surface area is 218 Å². The summed E-state index contributed by atoms with van der Waals surface area (Å²) < 4.78 is 33.3. The van der Waals surface area contributed by atoms with E-state index in [1.165, 1.54) is 6.07 Å². The second-order valence-corrected chi connectivity index (χ2v) is 9.65. The molecule has 7 nitrogen and oxygen atoms in total. The first-order valence-electron chi connectivity index (χ1n) is 13.1. The molecule has 37 heavy (non-hydrogen) atoms. The molecular weight excluding hydrogens is 473 g/mol. The van der Waals surface area contributed by atoms with Crippen LogP contribution in [0.2, 0.25) is 0 Å². The van der Waals surface area contributed by atoms with Gasteiger partial charge in [0.25, 0.3) is 0 Å². The third-order valence-corrected chi connectivity index (χ3v) is 6.90. The zero-order valence-corrected chi connectivity index (χ0v) is 21.9. The van der Waals surface area contributed by atoms with E-state index in [9.17, 15) is 9.50 Å². The molecule has 1 saturated heterocycles. The Balaban J connectivity index is 1.29. The van der Waals surface area contributed by atoms with Crippen molar-refractivity contribution in [1.29, 1.82) is 0 Å². The van der Waals surface area contributed by atoms with E-state index in [1.807, 2.05) is 24.5 Å². The van der Waals surface area contributed by atoms with Gasteiger partial charge in [0, 0.05) is 38.4 Å². The van der Waals surface area contributed by atoms with E-state index in [2.05, 4.69) is 27.4 Å². The average Bonchev–Trinajstić information content (AvgIpc) is 3.29. The van der Waals surface area contributed by atoms with Crippen LogP contribution in [0, 0.1) is 5.82 Å². The van der Waals surface area contributed by atoms with Crippen molar-refractivity contribution < 1.29 is 23.7 Å². The molecule has 1 unspecified atom stereocenters. The quantitative estimate of drug-likeness (QED) is 0.351. The number of aliphatic hydroxyl groups is 1. The molecule has 0 spiro atoms. The molecular formula is C29H38FN3O4. The van der Waals surface area contributed by atoms with Gasteiger partial charge in [-0.05, 0) is 62.1 Å². The first-order chi connectivity index (χ1) is 18.0. The maximum Gasteiger partial charge on any atom is 0.165 e. The van der Waals surface area contributed by atoms with Crippen LogP contribution in [-0.2, 0) is 19.5 Å². The molecule has 1 aliphatic heterocycles. The summed E-state index contributed by atoms with van der Waals surface area (Å²) in [5.74, 6) is 2.31. The summed E-state index contributed by atoms with van der Waals surface area (Å²) in [5.41, 5.74) is 0.157. The summed E-state index contributed by atoms with van der Waals surface area (Å²) in [7, 11) is 1.65. The van der Waals surface area contributed by atoms with Crippen LogP contribution in [0.1, 0.15) is 44.0 Å². The molecule has 1 aromatic heterocycles. The van der Waals surface area contributed by atoms with Crippen molar-refractivity contribution in [3.63, 3.8) is 0 Å². The van der Waals surface area contributed by atoms with Gasteiger partial charge in [-0.3, -0.25) is 4.90 Å². The fraction of sp³-hybridized carbons (Fsp3) is 0.483. The fourth-order valence-electron chi connectivity index (χ4n) is 4.78. The first kappa shape index (κ1) is 26.9. The number of nitrogens with zero attached hydrogens (tertiary/aromatic N) is 3. The van der Waals surface area contributed by atoms with Crippen LogP contribution in [0.4, 0.5) is 4.39 Å². The summed E-state index contributed by atoms with van der Waals surface area (Å²) in [6, 6.07) is 12.4. The lowest BCUT2D eigenvalue weighted by Crippen LogP contribution is -2.37. The number of methoxy groups -OCH3 is 1. The van der Waals surface area contributed by atoms with Crippen LogP contribution in [0.3, 0.4) is 0 Å². The first-order valence-corrected chi connectivity index (χ1v) is 13.1. The molecule has 4 rings (SSSR count). The molecule has 1 atom stereocenters. The van der Waals surface area contributed by atoms with Crippen molar-refractivity contribution in [3.8, 4) is 17.2 Å². The number of para-hydroxylation sites is 1. The molecule has 2 heterocycles. The average molecular weight is 512 g/mol. The summed E-state index contributed by atoms with van der Waals surface area (Å²) in [6.45, 7) is 5.98. The predicted octanol–water partition coefficient (Wildman–Crippen LogP) is 4.86. The van der Waals surface area contributed by atoms with Gasteiger partial charge >= 0.3 is 0 Å². The van der Waals surface area contributed by atoms with Gasteiger partial charge in [0.1, 0.15) is 12.4 Å². The van der Waals surface area contributed by atoms with Crippen LogP contribution in [0.5, 0.6) is 17.2 Å². The molecule has 0 saturated carbocycles. The SMILES string of the molecule is CCc1nccn1CCCOc1cc(CN2CCCC(O)(COc3ccccc3F)CC2)ccc1OC. The third kappa shape index (κ3) is 7.46. The normalized spacial score (nSPS) is 18.4. The van der Waals surface area contributed by atoms with Gasteiger partial charge in [0.15, 0.2) is 23.1 Å². The maximum atomic E-state index is 13.9. The predicted molar refractivity (Wildman–Crippen MR) is 141 cm³/mol. The Morgan fingerprint density at radius 2 is 1.92 bits per heavy atom. The molecule has 1 fully saturated rings. The molecule has 200 valence electrons. The Kier molecular flexibility index (Phi) is 9.41. The lowest BCUT2D eigenvalue weighted by atomic mass is 9.96. The number of hydrogen-bond acceptors (Lipinski definition) is 6. The van der Waals surface area contributed by atoms with Crippen molar-refractivity contribution in [1.82, 2.24) is 14.5 Å². The van der Waals surface area contributed by atoms with Gasteiger partial charge < -0.3 is 23.9 Å². The van der Waals surface area contributed by atoms with E-state index in [0.717, 1.165) is 68.3 Å². The van der Waals surface area contributed by atoms with Crippen LogP contribution in [0.15, 0.2) is 54.9 Å². The highest BCUT2D eigenvalue weighted by molar-refractivity contribution is 5.43. The second kappa shape index (κ2) is 12.9. The fourth-order valence-corrected chi connectivity index (χ4v) is 4.78. The molecule has 1 N–H and O–H groups in total. The maximum absolute atomic E-state index is 13.9. The highest BCUT2D eigenvalue weighted by Crippen LogP contribution is 2.30. The standard InChI is InChI=1S/C29H38FN3O4/c1-3-28-31-14-18-33(28)16-7-19-36-27-20-23(10-11-26(27)35-2)21-32-15-6-12-29(34,13-17-32)22-37-25-9-5-4-8-24(25)30/h4-5,8-11,14,18,20,34H,3,6-7,12-13,15-17,19,21-22H2,1-2H3. The van der Waals surface area contributed by atoms with E-state index in [1.54, 1.807) is 25.3 Å². The number of aromatic nitrogens is 2. The third-order valence-electron chi connectivity index (χ3n) is 6.90. The largest absolute Gasteiger partial charge is 0.493 e.